The van der Waals surface area contributed by atoms with Crippen LogP contribution >= 0.6 is 45.8 Å². The Bertz CT molecular complexity index is 1460. The Balaban J connectivity index is 1.54. The Morgan fingerprint density at radius 3 is 2.76 bits per heavy atom. The van der Waals surface area contributed by atoms with Crippen LogP contribution in [0.3, 0.4) is 0 Å². The van der Waals surface area contributed by atoms with E-state index in [0.29, 0.717) is 21.8 Å². The van der Waals surface area contributed by atoms with Crippen molar-refractivity contribution in [3.63, 3.8) is 0 Å². The average Bonchev–Trinajstić information content (AvgIpc) is 3.44. The number of aromatic amines is 1. The van der Waals surface area contributed by atoms with E-state index in [0.717, 1.165) is 20.1 Å². The van der Waals surface area contributed by atoms with Crippen molar-refractivity contribution in [1.82, 2.24) is 19.5 Å². The summed E-state index contributed by atoms with van der Waals surface area (Å²) < 4.78 is 1.55. The molecule has 146 valence electrons. The van der Waals surface area contributed by atoms with Gasteiger partial charge < -0.3 is 4.98 Å². The lowest BCUT2D eigenvalue weighted by Gasteiger charge is -2.12. The Labute approximate surface area is 180 Å². The highest BCUT2D eigenvalue weighted by molar-refractivity contribution is 7.99. The third-order valence-electron chi connectivity index (χ3n) is 4.58. The fraction of sp³-hybridized carbons (Fsp3) is 0.158. The maximum absolute atomic E-state index is 12.8. The van der Waals surface area contributed by atoms with Crippen molar-refractivity contribution < 1.29 is 0 Å². The molecule has 0 bridgehead atoms. The molecule has 10 heteroatoms. The van der Waals surface area contributed by atoms with Crippen LogP contribution in [0.1, 0.15) is 18.0 Å². The molecule has 5 heterocycles. The molecule has 0 radical (unpaired) electrons. The van der Waals surface area contributed by atoms with Gasteiger partial charge in [0.05, 0.1) is 16.0 Å². The summed E-state index contributed by atoms with van der Waals surface area (Å²) in [6.07, 6.45) is 0. The van der Waals surface area contributed by atoms with Crippen LogP contribution < -0.4 is 11.1 Å². The highest BCUT2D eigenvalue weighted by Crippen LogP contribution is 2.36. The molecule has 0 aliphatic heterocycles. The fourth-order valence-corrected chi connectivity index (χ4v) is 6.58. The number of hydrogen-bond donors (Lipinski definition) is 1. The first-order chi connectivity index (χ1) is 14.0. The lowest BCUT2D eigenvalue weighted by Crippen LogP contribution is -2.20. The number of aromatic nitrogens is 4. The van der Waals surface area contributed by atoms with Gasteiger partial charge in [-0.2, -0.15) is 0 Å². The number of thioether (sulfide) groups is 1. The van der Waals surface area contributed by atoms with E-state index in [1.54, 1.807) is 29.0 Å². The molecule has 6 nitrogen and oxygen atoms in total. The molecule has 0 fully saturated rings. The van der Waals surface area contributed by atoms with Crippen LogP contribution in [0.2, 0.25) is 0 Å². The lowest BCUT2D eigenvalue weighted by molar-refractivity contribution is 0.724. The second kappa shape index (κ2) is 7.21. The van der Waals surface area contributed by atoms with E-state index in [2.05, 4.69) is 9.97 Å². The minimum atomic E-state index is -0.171. The Hall–Kier alpha value is -2.27. The van der Waals surface area contributed by atoms with Crippen molar-refractivity contribution in [2.75, 3.05) is 0 Å². The number of fused-ring (bicyclic) bond motifs is 2. The van der Waals surface area contributed by atoms with Crippen molar-refractivity contribution >= 4 is 66.2 Å². The van der Waals surface area contributed by atoms with Crippen molar-refractivity contribution in [2.24, 2.45) is 7.05 Å². The largest absolute Gasteiger partial charge is 0.309 e. The highest BCUT2D eigenvalue weighted by atomic mass is 32.2. The summed E-state index contributed by atoms with van der Waals surface area (Å²) >= 11 is 5.93. The number of hydrogen-bond acceptors (Lipinski definition) is 8. The normalized spacial score (nSPS) is 12.8. The molecule has 0 aliphatic rings. The summed E-state index contributed by atoms with van der Waals surface area (Å²) in [4.78, 5) is 40.1. The molecule has 1 N–H and O–H groups in total. The molecule has 0 saturated carbocycles. The number of thiophene rings is 3. The molecular weight excluding hydrogens is 445 g/mol. The molecular formula is C19H14N4O2S4. The van der Waals surface area contributed by atoms with Crippen molar-refractivity contribution in [3.8, 4) is 10.4 Å². The minimum Gasteiger partial charge on any atom is -0.309 e. The summed E-state index contributed by atoms with van der Waals surface area (Å²) in [6.45, 7) is 1.95. The monoisotopic (exact) mass is 458 g/mol. The molecule has 0 spiro atoms. The fourth-order valence-electron chi connectivity index (χ4n) is 3.07. The van der Waals surface area contributed by atoms with Crippen molar-refractivity contribution in [1.29, 1.82) is 0 Å². The zero-order chi connectivity index (χ0) is 20.1. The van der Waals surface area contributed by atoms with Gasteiger partial charge in [-0.15, -0.1) is 34.0 Å². The van der Waals surface area contributed by atoms with Crippen molar-refractivity contribution in [3.05, 3.63) is 60.9 Å². The van der Waals surface area contributed by atoms with Gasteiger partial charge in [0, 0.05) is 22.9 Å². The predicted octanol–water partition coefficient (Wildman–Crippen LogP) is 4.87. The van der Waals surface area contributed by atoms with Gasteiger partial charge in [-0.05, 0) is 29.8 Å². The zero-order valence-electron chi connectivity index (χ0n) is 15.3. The zero-order valence-corrected chi connectivity index (χ0v) is 18.6. The van der Waals surface area contributed by atoms with Crippen LogP contribution in [0.15, 0.2) is 49.1 Å². The first kappa shape index (κ1) is 18.7. The van der Waals surface area contributed by atoms with Crippen molar-refractivity contribution in [2.45, 2.75) is 17.3 Å². The number of H-pyrrole nitrogens is 1. The number of rotatable bonds is 4. The third-order valence-corrected chi connectivity index (χ3v) is 8.31. The second-order valence-corrected chi connectivity index (χ2v) is 10.4. The maximum atomic E-state index is 12.8. The molecule has 5 aromatic heterocycles. The van der Waals surface area contributed by atoms with E-state index in [1.807, 2.05) is 35.2 Å². The molecule has 29 heavy (non-hydrogen) atoms. The van der Waals surface area contributed by atoms with Crippen LogP contribution in [0.5, 0.6) is 0 Å². The van der Waals surface area contributed by atoms with Gasteiger partial charge in [0.25, 0.3) is 11.1 Å². The third kappa shape index (κ3) is 3.16. The quantitative estimate of drug-likeness (QED) is 0.307. The van der Waals surface area contributed by atoms with E-state index in [4.69, 9.17) is 4.98 Å². The van der Waals surface area contributed by atoms with Gasteiger partial charge in [-0.3, -0.25) is 14.2 Å². The van der Waals surface area contributed by atoms with E-state index in [1.165, 1.54) is 34.4 Å². The molecule has 1 atom stereocenters. The van der Waals surface area contributed by atoms with Gasteiger partial charge >= 0.3 is 0 Å². The van der Waals surface area contributed by atoms with Gasteiger partial charge in [0.15, 0.2) is 5.16 Å². The van der Waals surface area contributed by atoms with Gasteiger partial charge in [-0.25, -0.2) is 9.97 Å². The van der Waals surface area contributed by atoms with Crippen LogP contribution in [0.25, 0.3) is 30.9 Å². The van der Waals surface area contributed by atoms with Gasteiger partial charge in [0.2, 0.25) is 0 Å². The number of nitrogens with one attached hydrogen (secondary N) is 1. The molecule has 0 unspecified atom stereocenters. The van der Waals surface area contributed by atoms with Gasteiger partial charge in [0.1, 0.15) is 15.5 Å². The lowest BCUT2D eigenvalue weighted by atomic mass is 10.2. The summed E-state index contributed by atoms with van der Waals surface area (Å²) in [5.41, 5.74) is 0.715. The summed E-state index contributed by atoms with van der Waals surface area (Å²) in [5.74, 6) is 0.576. The Morgan fingerprint density at radius 2 is 1.97 bits per heavy atom. The molecule has 0 aliphatic carbocycles. The van der Waals surface area contributed by atoms with Gasteiger partial charge in [-0.1, -0.05) is 17.8 Å². The molecule has 0 saturated heterocycles. The summed E-state index contributed by atoms with van der Waals surface area (Å²) in [6, 6.07) is 5.77. The van der Waals surface area contributed by atoms with E-state index >= 15 is 0 Å². The highest BCUT2D eigenvalue weighted by Gasteiger charge is 2.19. The molecule has 0 aromatic carbocycles. The Kier molecular flexibility index (Phi) is 4.66. The first-order valence-electron chi connectivity index (χ1n) is 8.69. The van der Waals surface area contributed by atoms with E-state index in [-0.39, 0.29) is 16.4 Å². The van der Waals surface area contributed by atoms with E-state index < -0.39 is 0 Å². The average molecular weight is 459 g/mol. The van der Waals surface area contributed by atoms with E-state index in [9.17, 15) is 9.59 Å². The van der Waals surface area contributed by atoms with Crippen LogP contribution in [-0.4, -0.2) is 19.5 Å². The van der Waals surface area contributed by atoms with Crippen LogP contribution in [0.4, 0.5) is 0 Å². The second-order valence-electron chi connectivity index (χ2n) is 6.42. The van der Waals surface area contributed by atoms with Crippen LogP contribution in [0, 0.1) is 0 Å². The topological polar surface area (TPSA) is 80.6 Å². The van der Waals surface area contributed by atoms with Crippen LogP contribution in [-0.2, 0) is 7.05 Å². The summed E-state index contributed by atoms with van der Waals surface area (Å²) in [5, 5.41) is 7.53. The predicted molar refractivity (Wildman–Crippen MR) is 123 cm³/mol. The molecule has 5 rings (SSSR count). The maximum Gasteiger partial charge on any atom is 0.262 e. The SMILES string of the molecule is C[C@H](Sc1nc2sccc2c(=O)n1C)c1nc2scc(-c3cccs3)c2c(=O)[nH]1. The molecule has 5 aromatic rings. The number of nitrogens with zero attached hydrogens (tertiary/aromatic N) is 3. The Morgan fingerprint density at radius 1 is 1.10 bits per heavy atom. The first-order valence-corrected chi connectivity index (χ1v) is 12.2. The standard InChI is InChI=1S/C19H14N4O2S4/c1-9(29-19-22-16-10(5-7-27-16)18(25)23(19)2)14-20-15(24)13-11(8-28-17(13)21-14)12-4-3-6-26-12/h3-9H,1-2H3,(H,20,21,24)/t9-/m0/s1. The smallest absolute Gasteiger partial charge is 0.262 e. The summed E-state index contributed by atoms with van der Waals surface area (Å²) in [7, 11) is 1.72. The molecule has 0 amide bonds. The minimum absolute atomic E-state index is 0.0679.